The van der Waals surface area contributed by atoms with E-state index in [0.29, 0.717) is 0 Å². The highest BCUT2D eigenvalue weighted by molar-refractivity contribution is 5.81. The predicted octanol–water partition coefficient (Wildman–Crippen LogP) is 2.77. The Bertz CT molecular complexity index is 933. The standard InChI is InChI=1S/C24H27NO6/c1-24(2,3)31-21(26)13-12-20(22(27)28)25-23(29)30-14-19-17-10-6-4-8-15(17)16-9-5-7-11-18(16)19/h4-11,19-20H,12-14H2,1-3H3,(H,25,29)(H,27,28)/p-1. The molecule has 0 bridgehead atoms. The lowest BCUT2D eigenvalue weighted by Crippen LogP contribution is -2.48. The van der Waals surface area contributed by atoms with E-state index in [1.165, 1.54) is 0 Å². The third-order valence-corrected chi connectivity index (χ3v) is 4.98. The van der Waals surface area contributed by atoms with Gasteiger partial charge >= 0.3 is 12.1 Å². The molecule has 1 unspecified atom stereocenters. The van der Waals surface area contributed by atoms with Gasteiger partial charge in [0, 0.05) is 12.3 Å². The number of benzene rings is 2. The van der Waals surface area contributed by atoms with E-state index in [4.69, 9.17) is 9.47 Å². The monoisotopic (exact) mass is 424 g/mol. The summed E-state index contributed by atoms with van der Waals surface area (Å²) >= 11 is 0. The molecule has 0 radical (unpaired) electrons. The van der Waals surface area contributed by atoms with Crippen LogP contribution in [0.2, 0.25) is 0 Å². The highest BCUT2D eigenvalue weighted by atomic mass is 16.6. The summed E-state index contributed by atoms with van der Waals surface area (Å²) in [4.78, 5) is 35.5. The molecular formula is C24H26NO6-. The van der Waals surface area contributed by atoms with Crippen molar-refractivity contribution in [2.24, 2.45) is 0 Å². The highest BCUT2D eigenvalue weighted by Gasteiger charge is 2.29. The zero-order valence-corrected chi connectivity index (χ0v) is 17.8. The largest absolute Gasteiger partial charge is 0.548 e. The SMILES string of the molecule is CC(C)(C)OC(=O)CCC(NC(=O)OCC1c2ccccc2-c2ccccc21)C(=O)[O-]. The molecule has 1 N–H and O–H groups in total. The lowest BCUT2D eigenvalue weighted by molar-refractivity contribution is -0.308. The Balaban J connectivity index is 1.59. The Morgan fingerprint density at radius 3 is 2.06 bits per heavy atom. The van der Waals surface area contributed by atoms with Gasteiger partial charge in [0.2, 0.25) is 0 Å². The molecule has 2 aromatic carbocycles. The summed E-state index contributed by atoms with van der Waals surface area (Å²) in [6.07, 6.45) is -1.19. The number of ether oxygens (including phenoxy) is 2. The number of amides is 1. The number of rotatable bonds is 7. The molecule has 0 spiro atoms. The van der Waals surface area contributed by atoms with E-state index in [1.807, 2.05) is 48.5 Å². The lowest BCUT2D eigenvalue weighted by atomic mass is 9.98. The molecule has 164 valence electrons. The van der Waals surface area contributed by atoms with Crippen molar-refractivity contribution >= 4 is 18.0 Å². The number of alkyl carbamates (subject to hydrolysis) is 1. The van der Waals surface area contributed by atoms with Gasteiger partial charge in [0.05, 0.1) is 12.0 Å². The molecule has 0 fully saturated rings. The number of carboxylic acids is 1. The molecule has 1 aliphatic rings. The number of hydrogen-bond donors (Lipinski definition) is 1. The Morgan fingerprint density at radius 2 is 1.55 bits per heavy atom. The van der Waals surface area contributed by atoms with Crippen molar-refractivity contribution in [3.8, 4) is 11.1 Å². The van der Waals surface area contributed by atoms with E-state index in [9.17, 15) is 19.5 Å². The molecule has 3 rings (SSSR count). The van der Waals surface area contributed by atoms with E-state index < -0.39 is 29.7 Å². The van der Waals surface area contributed by atoms with Gasteiger partial charge in [0.25, 0.3) is 0 Å². The van der Waals surface area contributed by atoms with Crippen molar-refractivity contribution in [2.45, 2.75) is 51.2 Å². The Labute approximate surface area is 181 Å². The van der Waals surface area contributed by atoms with E-state index >= 15 is 0 Å². The van der Waals surface area contributed by atoms with Crippen LogP contribution in [0.4, 0.5) is 4.79 Å². The van der Waals surface area contributed by atoms with Gasteiger partial charge in [-0.1, -0.05) is 48.5 Å². The van der Waals surface area contributed by atoms with Crippen molar-refractivity contribution in [3.63, 3.8) is 0 Å². The predicted molar refractivity (Wildman–Crippen MR) is 112 cm³/mol. The molecule has 1 atom stereocenters. The van der Waals surface area contributed by atoms with Crippen molar-refractivity contribution in [1.82, 2.24) is 5.32 Å². The van der Waals surface area contributed by atoms with Crippen LogP contribution in [0.5, 0.6) is 0 Å². The minimum atomic E-state index is -1.49. The topological polar surface area (TPSA) is 105 Å². The summed E-state index contributed by atoms with van der Waals surface area (Å²) in [7, 11) is 0. The molecule has 2 aromatic rings. The number of carboxylic acid groups (broad SMARTS) is 1. The minimum absolute atomic E-state index is 0.0612. The van der Waals surface area contributed by atoms with Gasteiger partial charge in [0.15, 0.2) is 0 Å². The molecule has 0 aliphatic heterocycles. The van der Waals surface area contributed by atoms with Crippen molar-refractivity contribution in [2.75, 3.05) is 6.61 Å². The number of carbonyl (C=O) groups is 3. The second-order valence-electron chi connectivity index (χ2n) is 8.47. The number of aliphatic carboxylic acids is 1. The van der Waals surface area contributed by atoms with Crippen LogP contribution >= 0.6 is 0 Å². The normalized spacial score (nSPS) is 13.6. The van der Waals surface area contributed by atoms with Gasteiger partial charge in [-0.25, -0.2) is 4.79 Å². The van der Waals surface area contributed by atoms with Crippen LogP contribution in [0.3, 0.4) is 0 Å². The van der Waals surface area contributed by atoms with E-state index in [0.717, 1.165) is 22.3 Å². The first-order valence-electron chi connectivity index (χ1n) is 10.2. The van der Waals surface area contributed by atoms with Crippen LogP contribution in [-0.2, 0) is 19.1 Å². The molecule has 31 heavy (non-hydrogen) atoms. The maximum absolute atomic E-state index is 12.3. The first-order chi connectivity index (χ1) is 14.7. The number of esters is 1. The van der Waals surface area contributed by atoms with E-state index in [-0.39, 0.29) is 25.4 Å². The third-order valence-electron chi connectivity index (χ3n) is 4.98. The minimum Gasteiger partial charge on any atom is -0.548 e. The Morgan fingerprint density at radius 1 is 1.00 bits per heavy atom. The van der Waals surface area contributed by atoms with Crippen LogP contribution in [-0.4, -0.2) is 36.3 Å². The number of nitrogens with one attached hydrogen (secondary N) is 1. The van der Waals surface area contributed by atoms with E-state index in [2.05, 4.69) is 5.32 Å². The fourth-order valence-electron chi connectivity index (χ4n) is 3.69. The molecule has 0 saturated heterocycles. The molecule has 1 aliphatic carbocycles. The molecule has 0 saturated carbocycles. The van der Waals surface area contributed by atoms with Gasteiger partial charge in [-0.3, -0.25) is 4.79 Å². The summed E-state index contributed by atoms with van der Waals surface area (Å²) in [5.41, 5.74) is 3.62. The first-order valence-corrected chi connectivity index (χ1v) is 10.2. The zero-order valence-electron chi connectivity index (χ0n) is 17.8. The smallest absolute Gasteiger partial charge is 0.407 e. The molecular weight excluding hydrogens is 398 g/mol. The molecule has 1 amide bonds. The highest BCUT2D eigenvalue weighted by Crippen LogP contribution is 2.44. The number of hydrogen-bond acceptors (Lipinski definition) is 6. The summed E-state index contributed by atoms with van der Waals surface area (Å²) < 4.78 is 10.5. The summed E-state index contributed by atoms with van der Waals surface area (Å²) in [6.45, 7) is 5.22. The first kappa shape index (κ1) is 22.3. The van der Waals surface area contributed by atoms with Gasteiger partial charge in [-0.15, -0.1) is 0 Å². The van der Waals surface area contributed by atoms with Crippen LogP contribution in [0.1, 0.15) is 50.7 Å². The van der Waals surface area contributed by atoms with Gasteiger partial charge in [-0.05, 0) is 49.4 Å². The van der Waals surface area contributed by atoms with Crippen LogP contribution in [0.25, 0.3) is 11.1 Å². The van der Waals surface area contributed by atoms with Crippen LogP contribution < -0.4 is 10.4 Å². The quantitative estimate of drug-likeness (QED) is 0.686. The maximum atomic E-state index is 12.3. The zero-order chi connectivity index (χ0) is 22.6. The van der Waals surface area contributed by atoms with Crippen LogP contribution in [0.15, 0.2) is 48.5 Å². The lowest BCUT2D eigenvalue weighted by Gasteiger charge is -2.22. The average Bonchev–Trinajstić information content (AvgIpc) is 3.02. The van der Waals surface area contributed by atoms with Gasteiger partial charge in [-0.2, -0.15) is 0 Å². The second kappa shape index (κ2) is 9.20. The van der Waals surface area contributed by atoms with Gasteiger partial charge in [0.1, 0.15) is 12.2 Å². The Hall–Kier alpha value is -3.35. The van der Waals surface area contributed by atoms with Gasteiger partial charge < -0.3 is 24.7 Å². The Kier molecular flexibility index (Phi) is 6.63. The fraction of sp³-hybridized carbons (Fsp3) is 0.375. The third kappa shape index (κ3) is 5.63. The summed E-state index contributed by atoms with van der Waals surface area (Å²) in [5, 5.41) is 13.7. The number of fused-ring (bicyclic) bond motifs is 3. The average molecular weight is 424 g/mol. The summed E-state index contributed by atoms with van der Waals surface area (Å²) in [6, 6.07) is 14.5. The van der Waals surface area contributed by atoms with E-state index in [1.54, 1.807) is 20.8 Å². The molecule has 0 heterocycles. The van der Waals surface area contributed by atoms with Crippen molar-refractivity contribution in [1.29, 1.82) is 0 Å². The van der Waals surface area contributed by atoms with Crippen molar-refractivity contribution < 1.29 is 29.0 Å². The summed E-state index contributed by atoms with van der Waals surface area (Å²) in [5.74, 6) is -2.17. The fourth-order valence-corrected chi connectivity index (χ4v) is 3.69. The van der Waals surface area contributed by atoms with Crippen LogP contribution in [0, 0.1) is 0 Å². The molecule has 0 aromatic heterocycles. The van der Waals surface area contributed by atoms with Crippen molar-refractivity contribution in [3.05, 3.63) is 59.7 Å². The molecule has 7 heteroatoms. The maximum Gasteiger partial charge on any atom is 0.407 e. The number of carbonyl (C=O) groups excluding carboxylic acids is 3. The molecule has 7 nitrogen and oxygen atoms in total. The second-order valence-corrected chi connectivity index (χ2v) is 8.47.